The molecule has 0 aliphatic heterocycles. The SMILES string of the molecule is COC(=O)C(C)Oc1ccc2c(=O)c(-c3ccc(Br)cc3)coc2c1. The lowest BCUT2D eigenvalue weighted by molar-refractivity contribution is -0.147. The van der Waals surface area contributed by atoms with Crippen molar-refractivity contribution in [1.82, 2.24) is 0 Å². The number of benzene rings is 2. The van der Waals surface area contributed by atoms with Gasteiger partial charge in [-0.2, -0.15) is 0 Å². The topological polar surface area (TPSA) is 65.7 Å². The highest BCUT2D eigenvalue weighted by atomic mass is 79.9. The first-order valence-electron chi connectivity index (χ1n) is 7.55. The minimum absolute atomic E-state index is 0.129. The highest BCUT2D eigenvalue weighted by Crippen LogP contribution is 2.24. The van der Waals surface area contributed by atoms with E-state index in [2.05, 4.69) is 20.7 Å². The van der Waals surface area contributed by atoms with Gasteiger partial charge in [-0.1, -0.05) is 28.1 Å². The molecular weight excluding hydrogens is 388 g/mol. The van der Waals surface area contributed by atoms with E-state index in [9.17, 15) is 9.59 Å². The predicted octanol–water partition coefficient (Wildman–Crippen LogP) is 4.16. The second-order valence-electron chi connectivity index (χ2n) is 5.43. The fraction of sp³-hybridized carbons (Fsp3) is 0.158. The Bertz CT molecular complexity index is 975. The summed E-state index contributed by atoms with van der Waals surface area (Å²) >= 11 is 3.37. The molecule has 0 aliphatic carbocycles. The Morgan fingerprint density at radius 3 is 2.56 bits per heavy atom. The van der Waals surface area contributed by atoms with Crippen molar-refractivity contribution in [3.05, 3.63) is 63.4 Å². The van der Waals surface area contributed by atoms with Crippen LogP contribution in [0.5, 0.6) is 5.75 Å². The van der Waals surface area contributed by atoms with Crippen LogP contribution < -0.4 is 10.2 Å². The lowest BCUT2D eigenvalue weighted by Gasteiger charge is -2.12. The van der Waals surface area contributed by atoms with Crippen LogP contribution in [-0.2, 0) is 9.53 Å². The molecule has 6 heteroatoms. The van der Waals surface area contributed by atoms with Crippen LogP contribution in [0.3, 0.4) is 0 Å². The van der Waals surface area contributed by atoms with Crippen molar-refractivity contribution in [2.75, 3.05) is 7.11 Å². The standard InChI is InChI=1S/C19H15BrO5/c1-11(19(22)23-2)25-14-7-8-15-17(9-14)24-10-16(18(15)21)12-3-5-13(20)6-4-12/h3-11H,1-2H3. The third-order valence-electron chi connectivity index (χ3n) is 3.75. The number of ether oxygens (including phenoxy) is 2. The summed E-state index contributed by atoms with van der Waals surface area (Å²) in [5.74, 6) is -0.0583. The third-order valence-corrected chi connectivity index (χ3v) is 4.28. The van der Waals surface area contributed by atoms with Gasteiger partial charge >= 0.3 is 5.97 Å². The zero-order chi connectivity index (χ0) is 18.0. The van der Waals surface area contributed by atoms with Crippen LogP contribution in [0.2, 0.25) is 0 Å². The number of carbonyl (C=O) groups excluding carboxylic acids is 1. The first-order valence-corrected chi connectivity index (χ1v) is 8.35. The zero-order valence-electron chi connectivity index (χ0n) is 13.6. The number of carbonyl (C=O) groups is 1. The summed E-state index contributed by atoms with van der Waals surface area (Å²) in [7, 11) is 1.30. The molecule has 2 aromatic carbocycles. The molecule has 0 bridgehead atoms. The highest BCUT2D eigenvalue weighted by molar-refractivity contribution is 9.10. The second-order valence-corrected chi connectivity index (χ2v) is 6.34. The molecule has 0 amide bonds. The Hall–Kier alpha value is -2.60. The Kier molecular flexibility index (Phi) is 4.90. The van der Waals surface area contributed by atoms with Crippen molar-refractivity contribution in [2.45, 2.75) is 13.0 Å². The number of fused-ring (bicyclic) bond motifs is 1. The van der Waals surface area contributed by atoms with Crippen LogP contribution in [0.25, 0.3) is 22.1 Å². The number of halogens is 1. The van der Waals surface area contributed by atoms with E-state index in [4.69, 9.17) is 9.15 Å². The summed E-state index contributed by atoms with van der Waals surface area (Å²) < 4.78 is 16.7. The molecule has 1 heterocycles. The molecule has 0 radical (unpaired) electrons. The van der Waals surface area contributed by atoms with Gasteiger partial charge in [-0.05, 0) is 36.8 Å². The van der Waals surface area contributed by atoms with Crippen molar-refractivity contribution < 1.29 is 18.7 Å². The molecule has 25 heavy (non-hydrogen) atoms. The van der Waals surface area contributed by atoms with Gasteiger partial charge in [0.25, 0.3) is 0 Å². The molecule has 3 aromatic rings. The Morgan fingerprint density at radius 1 is 1.16 bits per heavy atom. The van der Waals surface area contributed by atoms with E-state index in [1.54, 1.807) is 25.1 Å². The second kappa shape index (κ2) is 7.11. The minimum atomic E-state index is -0.754. The first kappa shape index (κ1) is 17.2. The molecule has 0 fully saturated rings. The van der Waals surface area contributed by atoms with Gasteiger partial charge in [0, 0.05) is 10.5 Å². The lowest BCUT2D eigenvalue weighted by atomic mass is 10.1. The van der Waals surface area contributed by atoms with Crippen molar-refractivity contribution >= 4 is 32.9 Å². The molecule has 0 saturated carbocycles. The Balaban J connectivity index is 1.98. The largest absolute Gasteiger partial charge is 0.479 e. The van der Waals surface area contributed by atoms with Gasteiger partial charge in [-0.25, -0.2) is 4.79 Å². The summed E-state index contributed by atoms with van der Waals surface area (Å²) in [6.45, 7) is 1.59. The molecule has 0 saturated heterocycles. The molecule has 1 atom stereocenters. The van der Waals surface area contributed by atoms with Gasteiger partial charge in [0.15, 0.2) is 11.5 Å². The van der Waals surface area contributed by atoms with Crippen LogP contribution in [-0.4, -0.2) is 19.2 Å². The van der Waals surface area contributed by atoms with Crippen LogP contribution >= 0.6 is 15.9 Å². The Morgan fingerprint density at radius 2 is 1.88 bits per heavy atom. The monoisotopic (exact) mass is 402 g/mol. The number of rotatable bonds is 4. The van der Waals surface area contributed by atoms with E-state index in [1.165, 1.54) is 13.4 Å². The van der Waals surface area contributed by atoms with Crippen LogP contribution in [0, 0.1) is 0 Å². The smallest absolute Gasteiger partial charge is 0.346 e. The molecule has 0 aliphatic rings. The molecular formula is C19H15BrO5. The Labute approximate surface area is 152 Å². The van der Waals surface area contributed by atoms with Gasteiger partial charge in [0.05, 0.1) is 18.1 Å². The van der Waals surface area contributed by atoms with Gasteiger partial charge in [-0.3, -0.25) is 4.79 Å². The van der Waals surface area contributed by atoms with Crippen molar-refractivity contribution in [1.29, 1.82) is 0 Å². The fourth-order valence-corrected chi connectivity index (χ4v) is 2.69. The first-order chi connectivity index (χ1) is 12.0. The van der Waals surface area contributed by atoms with Gasteiger partial charge < -0.3 is 13.9 Å². The van der Waals surface area contributed by atoms with E-state index in [0.29, 0.717) is 22.3 Å². The number of methoxy groups -OCH3 is 1. The van der Waals surface area contributed by atoms with Crippen molar-refractivity contribution in [3.63, 3.8) is 0 Å². The summed E-state index contributed by atoms with van der Waals surface area (Å²) in [6, 6.07) is 12.3. The zero-order valence-corrected chi connectivity index (χ0v) is 15.2. The average Bonchev–Trinajstić information content (AvgIpc) is 2.62. The number of hydrogen-bond acceptors (Lipinski definition) is 5. The van der Waals surface area contributed by atoms with Crippen molar-refractivity contribution in [2.24, 2.45) is 0 Å². The van der Waals surface area contributed by atoms with E-state index in [0.717, 1.165) is 10.0 Å². The van der Waals surface area contributed by atoms with Crippen molar-refractivity contribution in [3.8, 4) is 16.9 Å². The summed E-state index contributed by atoms with van der Waals surface area (Å²) in [5.41, 5.74) is 1.52. The number of hydrogen-bond donors (Lipinski definition) is 0. The third kappa shape index (κ3) is 3.58. The molecule has 1 unspecified atom stereocenters. The lowest BCUT2D eigenvalue weighted by Crippen LogP contribution is -2.24. The fourth-order valence-electron chi connectivity index (χ4n) is 2.43. The van der Waals surface area contributed by atoms with Crippen LogP contribution in [0.4, 0.5) is 0 Å². The molecule has 0 N–H and O–H groups in total. The molecule has 128 valence electrons. The van der Waals surface area contributed by atoms with E-state index in [1.807, 2.05) is 24.3 Å². The maximum atomic E-state index is 12.7. The normalized spacial score (nSPS) is 12.0. The summed E-state index contributed by atoms with van der Waals surface area (Å²) in [4.78, 5) is 24.2. The molecule has 3 rings (SSSR count). The predicted molar refractivity (Wildman–Crippen MR) is 97.7 cm³/mol. The maximum absolute atomic E-state index is 12.7. The summed E-state index contributed by atoms with van der Waals surface area (Å²) in [5, 5.41) is 0.443. The van der Waals surface area contributed by atoms with Gasteiger partial charge in [-0.15, -0.1) is 0 Å². The molecule has 5 nitrogen and oxygen atoms in total. The summed E-state index contributed by atoms with van der Waals surface area (Å²) in [6.07, 6.45) is 0.678. The quantitative estimate of drug-likeness (QED) is 0.612. The maximum Gasteiger partial charge on any atom is 0.346 e. The highest BCUT2D eigenvalue weighted by Gasteiger charge is 2.16. The molecule has 0 spiro atoms. The average molecular weight is 403 g/mol. The van der Waals surface area contributed by atoms with Crippen LogP contribution in [0.1, 0.15) is 6.92 Å². The minimum Gasteiger partial charge on any atom is -0.479 e. The van der Waals surface area contributed by atoms with E-state index < -0.39 is 12.1 Å². The molecule has 1 aromatic heterocycles. The van der Waals surface area contributed by atoms with Crippen LogP contribution in [0.15, 0.2) is 62.4 Å². The van der Waals surface area contributed by atoms with Gasteiger partial charge in [0.1, 0.15) is 17.6 Å². The number of esters is 1. The van der Waals surface area contributed by atoms with E-state index in [-0.39, 0.29) is 5.43 Å². The van der Waals surface area contributed by atoms with E-state index >= 15 is 0 Å². The van der Waals surface area contributed by atoms with Gasteiger partial charge in [0.2, 0.25) is 0 Å².